The molecule has 0 aromatic heterocycles. The van der Waals surface area contributed by atoms with Gasteiger partial charge in [0.1, 0.15) is 6.61 Å². The third-order valence-corrected chi connectivity index (χ3v) is 6.75. The first kappa shape index (κ1) is 23.8. The summed E-state index contributed by atoms with van der Waals surface area (Å²) in [6, 6.07) is 15.0. The van der Waals surface area contributed by atoms with Crippen LogP contribution in [0.5, 0.6) is 0 Å². The number of hydrogen-bond donors (Lipinski definition) is 4. The van der Waals surface area contributed by atoms with Crippen molar-refractivity contribution in [3.8, 4) is 11.1 Å². The fraction of sp³-hybridized carbons (Fsp3) is 0.423. The number of carbonyl (C=O) groups is 3. The van der Waals surface area contributed by atoms with E-state index in [1.165, 1.54) is 18.1 Å². The van der Waals surface area contributed by atoms with Gasteiger partial charge < -0.3 is 25.6 Å². The van der Waals surface area contributed by atoms with Crippen LogP contribution in [0.2, 0.25) is 0 Å². The van der Waals surface area contributed by atoms with Crippen LogP contribution in [-0.2, 0) is 14.3 Å². The second kappa shape index (κ2) is 10.3. The van der Waals surface area contributed by atoms with Crippen LogP contribution in [0.15, 0.2) is 48.5 Å². The van der Waals surface area contributed by atoms with Gasteiger partial charge in [0.05, 0.1) is 6.10 Å². The SMILES string of the molecule is C[C@@H](O)[C@H](NC(=O)CC1CC(CNC(=O)OCC2c3ccccc3-c3ccccc32)C1)C(=O)O. The van der Waals surface area contributed by atoms with Crippen LogP contribution in [0.1, 0.15) is 43.2 Å². The molecule has 2 aromatic carbocycles. The Bertz CT molecular complexity index is 1020. The molecule has 8 heteroatoms. The minimum absolute atomic E-state index is 0.0148. The third-order valence-electron chi connectivity index (χ3n) is 6.75. The number of fused-ring (bicyclic) bond motifs is 3. The Kier molecular flexibility index (Phi) is 7.17. The van der Waals surface area contributed by atoms with Crippen LogP contribution in [0.4, 0.5) is 4.79 Å². The summed E-state index contributed by atoms with van der Waals surface area (Å²) in [4.78, 5) is 35.4. The van der Waals surface area contributed by atoms with Gasteiger partial charge in [-0.2, -0.15) is 0 Å². The fourth-order valence-electron chi connectivity index (χ4n) is 4.97. The van der Waals surface area contributed by atoms with E-state index in [1.54, 1.807) is 0 Å². The van der Waals surface area contributed by atoms with E-state index in [1.807, 2.05) is 24.3 Å². The molecule has 2 aliphatic carbocycles. The number of aliphatic carboxylic acids is 1. The minimum Gasteiger partial charge on any atom is -0.480 e. The van der Waals surface area contributed by atoms with Crippen molar-refractivity contribution in [2.75, 3.05) is 13.2 Å². The van der Waals surface area contributed by atoms with Crippen LogP contribution < -0.4 is 10.6 Å². The molecule has 0 radical (unpaired) electrons. The van der Waals surface area contributed by atoms with E-state index < -0.39 is 24.2 Å². The van der Waals surface area contributed by atoms with Gasteiger partial charge in [0.15, 0.2) is 6.04 Å². The molecule has 2 amide bonds. The number of carbonyl (C=O) groups excluding carboxylic acids is 2. The lowest BCUT2D eigenvalue weighted by Crippen LogP contribution is -2.48. The van der Waals surface area contributed by atoms with Crippen LogP contribution in [0.3, 0.4) is 0 Å². The highest BCUT2D eigenvalue weighted by Gasteiger charge is 2.33. The first-order valence-corrected chi connectivity index (χ1v) is 11.6. The molecule has 1 fully saturated rings. The zero-order valence-electron chi connectivity index (χ0n) is 19.1. The first-order chi connectivity index (χ1) is 16.3. The molecule has 0 heterocycles. The van der Waals surface area contributed by atoms with Crippen molar-refractivity contribution in [2.24, 2.45) is 11.8 Å². The van der Waals surface area contributed by atoms with Crippen molar-refractivity contribution in [1.82, 2.24) is 10.6 Å². The molecule has 0 spiro atoms. The van der Waals surface area contributed by atoms with Crippen LogP contribution in [-0.4, -0.2) is 53.5 Å². The number of amides is 2. The third kappa shape index (κ3) is 5.22. The zero-order valence-corrected chi connectivity index (χ0v) is 19.1. The Morgan fingerprint density at radius 2 is 1.59 bits per heavy atom. The summed E-state index contributed by atoms with van der Waals surface area (Å²) in [5.41, 5.74) is 4.69. The predicted molar refractivity (Wildman–Crippen MR) is 125 cm³/mol. The molecule has 0 saturated heterocycles. The van der Waals surface area contributed by atoms with Gasteiger partial charge in [0, 0.05) is 18.9 Å². The number of rotatable bonds is 9. The maximum absolute atomic E-state index is 12.3. The summed E-state index contributed by atoms with van der Waals surface area (Å²) in [6.07, 6.45) is 0.117. The van der Waals surface area contributed by atoms with Gasteiger partial charge in [0.2, 0.25) is 5.91 Å². The van der Waals surface area contributed by atoms with Crippen molar-refractivity contribution in [3.05, 3.63) is 59.7 Å². The number of carboxylic acids is 1. The van der Waals surface area contributed by atoms with Gasteiger partial charge in [0.25, 0.3) is 0 Å². The monoisotopic (exact) mass is 466 g/mol. The number of ether oxygens (including phenoxy) is 1. The fourth-order valence-corrected chi connectivity index (χ4v) is 4.97. The largest absolute Gasteiger partial charge is 0.480 e. The van der Waals surface area contributed by atoms with Crippen molar-refractivity contribution in [3.63, 3.8) is 0 Å². The molecule has 4 rings (SSSR count). The predicted octanol–water partition coefficient (Wildman–Crippen LogP) is 2.89. The number of aliphatic hydroxyl groups is 1. The summed E-state index contributed by atoms with van der Waals surface area (Å²) in [5.74, 6) is -1.24. The molecule has 2 aromatic rings. The second-order valence-corrected chi connectivity index (χ2v) is 9.24. The van der Waals surface area contributed by atoms with Gasteiger partial charge in [-0.25, -0.2) is 9.59 Å². The van der Waals surface area contributed by atoms with E-state index in [2.05, 4.69) is 34.9 Å². The lowest BCUT2D eigenvalue weighted by Gasteiger charge is -2.35. The van der Waals surface area contributed by atoms with Crippen molar-refractivity contribution in [1.29, 1.82) is 0 Å². The van der Waals surface area contributed by atoms with E-state index in [4.69, 9.17) is 9.84 Å². The first-order valence-electron chi connectivity index (χ1n) is 11.6. The van der Waals surface area contributed by atoms with Crippen molar-refractivity contribution in [2.45, 2.75) is 44.2 Å². The average Bonchev–Trinajstić information content (AvgIpc) is 3.10. The topological polar surface area (TPSA) is 125 Å². The molecule has 2 atom stereocenters. The average molecular weight is 467 g/mol. The van der Waals surface area contributed by atoms with E-state index in [9.17, 15) is 19.5 Å². The Hall–Kier alpha value is -3.39. The number of nitrogens with one attached hydrogen (secondary N) is 2. The minimum atomic E-state index is -1.31. The van der Waals surface area contributed by atoms with E-state index in [0.29, 0.717) is 6.54 Å². The van der Waals surface area contributed by atoms with Crippen molar-refractivity contribution >= 4 is 18.0 Å². The van der Waals surface area contributed by atoms with Gasteiger partial charge in [-0.05, 0) is 53.9 Å². The molecule has 34 heavy (non-hydrogen) atoms. The molecular formula is C26H30N2O6. The normalized spacial score (nSPS) is 20.3. The Balaban J connectivity index is 1.18. The van der Waals surface area contributed by atoms with Crippen molar-refractivity contribution < 1.29 is 29.3 Å². The van der Waals surface area contributed by atoms with Crippen LogP contribution in [0, 0.1) is 11.8 Å². The van der Waals surface area contributed by atoms with Gasteiger partial charge in [-0.1, -0.05) is 48.5 Å². The molecule has 8 nitrogen and oxygen atoms in total. The second-order valence-electron chi connectivity index (χ2n) is 9.24. The number of benzene rings is 2. The maximum atomic E-state index is 12.3. The summed E-state index contributed by atoms with van der Waals surface area (Å²) in [6.45, 7) is 2.06. The maximum Gasteiger partial charge on any atom is 0.407 e. The standard InChI is InChI=1S/C26H30N2O6/c1-15(29)24(25(31)32)28-23(30)12-16-10-17(11-16)13-27-26(33)34-14-22-20-8-4-2-6-18(20)19-7-3-5-9-21(19)22/h2-9,15-17,22,24,29H,10-14H2,1H3,(H,27,33)(H,28,30)(H,31,32)/t15-,16?,17?,24+/m1/s1. The summed E-state index contributed by atoms with van der Waals surface area (Å²) in [5, 5.41) is 23.7. The Labute approximate surface area is 198 Å². The summed E-state index contributed by atoms with van der Waals surface area (Å²) >= 11 is 0. The molecule has 180 valence electrons. The highest BCUT2D eigenvalue weighted by molar-refractivity contribution is 5.84. The molecule has 1 saturated carbocycles. The van der Waals surface area contributed by atoms with Crippen LogP contribution in [0.25, 0.3) is 11.1 Å². The molecular weight excluding hydrogens is 436 g/mol. The smallest absolute Gasteiger partial charge is 0.407 e. The summed E-state index contributed by atoms with van der Waals surface area (Å²) < 4.78 is 5.55. The van der Waals surface area contributed by atoms with E-state index in [0.717, 1.165) is 24.0 Å². The van der Waals surface area contributed by atoms with E-state index >= 15 is 0 Å². The molecule has 0 aliphatic heterocycles. The number of carboxylic acid groups (broad SMARTS) is 1. The lowest BCUT2D eigenvalue weighted by atomic mass is 9.73. The highest BCUT2D eigenvalue weighted by atomic mass is 16.5. The molecule has 0 unspecified atom stereocenters. The summed E-state index contributed by atoms with van der Waals surface area (Å²) in [7, 11) is 0. The molecule has 2 aliphatic rings. The highest BCUT2D eigenvalue weighted by Crippen LogP contribution is 2.44. The number of hydrogen-bond acceptors (Lipinski definition) is 5. The Morgan fingerprint density at radius 3 is 2.15 bits per heavy atom. The molecule has 0 bridgehead atoms. The Morgan fingerprint density at radius 1 is 1.00 bits per heavy atom. The van der Waals surface area contributed by atoms with Gasteiger partial charge in [-0.3, -0.25) is 4.79 Å². The molecule has 4 N–H and O–H groups in total. The lowest BCUT2D eigenvalue weighted by molar-refractivity contribution is -0.145. The van der Waals surface area contributed by atoms with Gasteiger partial charge >= 0.3 is 12.1 Å². The number of aliphatic hydroxyl groups excluding tert-OH is 1. The number of alkyl carbamates (subject to hydrolysis) is 1. The zero-order chi connectivity index (χ0) is 24.2. The quantitative estimate of drug-likeness (QED) is 0.450. The van der Waals surface area contributed by atoms with Crippen LogP contribution >= 0.6 is 0 Å². The van der Waals surface area contributed by atoms with E-state index in [-0.39, 0.29) is 36.7 Å². The van der Waals surface area contributed by atoms with Gasteiger partial charge in [-0.15, -0.1) is 0 Å².